The number of amides is 1. The summed E-state index contributed by atoms with van der Waals surface area (Å²) in [7, 11) is 0.895. The van der Waals surface area contributed by atoms with E-state index in [4.69, 9.17) is 10.7 Å². The zero-order chi connectivity index (χ0) is 15.8. The minimum Gasteiger partial charge on any atom is -0.350 e. The summed E-state index contributed by atoms with van der Waals surface area (Å²) < 4.78 is 60.4. The Labute approximate surface area is 123 Å². The molecule has 0 aromatic carbocycles. The van der Waals surface area contributed by atoms with E-state index in [1.165, 1.54) is 0 Å². The van der Waals surface area contributed by atoms with Gasteiger partial charge in [-0.05, 0) is 24.8 Å². The number of aromatic nitrogens is 1. The van der Waals surface area contributed by atoms with Crippen molar-refractivity contribution in [2.45, 2.75) is 30.5 Å². The van der Waals surface area contributed by atoms with Crippen LogP contribution in [0.15, 0.2) is 17.2 Å². The van der Waals surface area contributed by atoms with Crippen molar-refractivity contribution in [1.82, 2.24) is 9.88 Å². The van der Waals surface area contributed by atoms with Gasteiger partial charge >= 0.3 is 6.18 Å². The number of halogens is 4. The van der Waals surface area contributed by atoms with Gasteiger partial charge in [-0.15, -0.1) is 0 Å². The normalized spacial score (nSPS) is 16.0. The Morgan fingerprint density at radius 3 is 2.52 bits per heavy atom. The Morgan fingerprint density at radius 2 is 2.05 bits per heavy atom. The zero-order valence-corrected chi connectivity index (χ0v) is 12.2. The van der Waals surface area contributed by atoms with Crippen LogP contribution in [-0.2, 0) is 15.6 Å². The van der Waals surface area contributed by atoms with Crippen molar-refractivity contribution in [3.05, 3.63) is 18.0 Å². The van der Waals surface area contributed by atoms with Crippen LogP contribution >= 0.6 is 10.7 Å². The molecule has 0 atom stereocenters. The monoisotopic (exact) mass is 344 g/mol. The summed E-state index contributed by atoms with van der Waals surface area (Å²) in [6.45, 7) is -1.11. The van der Waals surface area contributed by atoms with Crippen molar-refractivity contribution in [2.24, 2.45) is 5.92 Å². The van der Waals surface area contributed by atoms with Crippen LogP contribution in [0.4, 0.5) is 13.2 Å². The maximum atomic E-state index is 12.5. The summed E-state index contributed by atoms with van der Waals surface area (Å²) in [6, 6.07) is 0.844. The molecule has 0 saturated heterocycles. The molecule has 0 spiro atoms. The van der Waals surface area contributed by atoms with Crippen LogP contribution in [0.25, 0.3) is 0 Å². The number of hydrogen-bond acceptors (Lipinski definition) is 3. The van der Waals surface area contributed by atoms with E-state index in [9.17, 15) is 26.4 Å². The predicted octanol–water partition coefficient (Wildman–Crippen LogP) is 2.12. The molecule has 1 aliphatic rings. The average molecular weight is 345 g/mol. The van der Waals surface area contributed by atoms with Gasteiger partial charge in [0, 0.05) is 23.4 Å². The van der Waals surface area contributed by atoms with E-state index in [2.05, 4.69) is 5.32 Å². The first-order valence-electron chi connectivity index (χ1n) is 6.06. The van der Waals surface area contributed by atoms with Crippen LogP contribution in [0.5, 0.6) is 0 Å². The number of carbonyl (C=O) groups is 1. The van der Waals surface area contributed by atoms with Crippen LogP contribution in [-0.4, -0.2) is 31.6 Å². The van der Waals surface area contributed by atoms with E-state index in [0.29, 0.717) is 23.2 Å². The molecule has 1 aromatic heterocycles. The summed E-state index contributed by atoms with van der Waals surface area (Å²) in [5.74, 6) is -0.408. The van der Waals surface area contributed by atoms with Crippen LogP contribution in [0.2, 0.25) is 0 Å². The quantitative estimate of drug-likeness (QED) is 0.832. The molecule has 0 unspecified atom stereocenters. The zero-order valence-electron chi connectivity index (χ0n) is 10.7. The second-order valence-corrected chi connectivity index (χ2v) is 7.46. The first-order valence-corrected chi connectivity index (χ1v) is 8.37. The van der Waals surface area contributed by atoms with Gasteiger partial charge in [-0.2, -0.15) is 13.2 Å². The van der Waals surface area contributed by atoms with Gasteiger partial charge in [-0.3, -0.25) is 4.79 Å². The summed E-state index contributed by atoms with van der Waals surface area (Å²) >= 11 is 0. The van der Waals surface area contributed by atoms with E-state index in [1.807, 2.05) is 0 Å². The van der Waals surface area contributed by atoms with E-state index in [1.54, 1.807) is 0 Å². The second-order valence-electron chi connectivity index (χ2n) is 4.90. The lowest BCUT2D eigenvalue weighted by atomic mass is 10.3. The molecule has 1 amide bonds. The summed E-state index contributed by atoms with van der Waals surface area (Å²) in [4.78, 5) is 11.3. The lowest BCUT2D eigenvalue weighted by molar-refractivity contribution is -0.140. The van der Waals surface area contributed by atoms with Crippen molar-refractivity contribution in [3.63, 3.8) is 0 Å². The van der Waals surface area contributed by atoms with Gasteiger partial charge in [-0.1, -0.05) is 0 Å². The molecule has 1 aromatic rings. The Morgan fingerprint density at radius 1 is 1.43 bits per heavy atom. The van der Waals surface area contributed by atoms with Crippen LogP contribution in [0, 0.1) is 5.92 Å². The molecule has 1 saturated carbocycles. The fourth-order valence-electron chi connectivity index (χ4n) is 1.78. The third-order valence-electron chi connectivity index (χ3n) is 2.98. The highest BCUT2D eigenvalue weighted by Crippen LogP contribution is 2.28. The molecule has 0 bridgehead atoms. The van der Waals surface area contributed by atoms with Crippen molar-refractivity contribution < 1.29 is 26.4 Å². The standard InChI is InChI=1S/C11H12ClF3N2O3S/c12-21(19,20)8-3-9(10(18)16-4-7-1-2-7)17(5-8)6-11(13,14)15/h3,5,7H,1-2,4,6H2,(H,16,18). The lowest BCUT2D eigenvalue weighted by Crippen LogP contribution is -2.29. The van der Waals surface area contributed by atoms with Gasteiger partial charge in [0.25, 0.3) is 15.0 Å². The first kappa shape index (κ1) is 16.2. The molecule has 1 N–H and O–H groups in total. The van der Waals surface area contributed by atoms with Crippen molar-refractivity contribution >= 4 is 25.6 Å². The molecule has 10 heteroatoms. The average Bonchev–Trinajstić information content (AvgIpc) is 3.03. The highest BCUT2D eigenvalue weighted by atomic mass is 35.7. The topological polar surface area (TPSA) is 68.2 Å². The van der Waals surface area contributed by atoms with E-state index in [-0.39, 0.29) is 5.69 Å². The maximum absolute atomic E-state index is 12.5. The first-order chi connectivity index (χ1) is 9.56. The molecule has 0 aliphatic heterocycles. The molecule has 1 fully saturated rings. The third-order valence-corrected chi connectivity index (χ3v) is 4.30. The SMILES string of the molecule is O=C(NCC1CC1)c1cc(S(=O)(=O)Cl)cn1CC(F)(F)F. The van der Waals surface area contributed by atoms with Crippen molar-refractivity contribution in [3.8, 4) is 0 Å². The fraction of sp³-hybridized carbons (Fsp3) is 0.545. The van der Waals surface area contributed by atoms with Gasteiger partial charge in [0.05, 0.1) is 0 Å². The third kappa shape index (κ3) is 4.63. The Kier molecular flexibility index (Phi) is 4.25. The summed E-state index contributed by atoms with van der Waals surface area (Å²) in [6.07, 6.45) is -1.95. The number of carbonyl (C=O) groups excluding carboxylic acids is 1. The number of nitrogens with zero attached hydrogens (tertiary/aromatic N) is 1. The van der Waals surface area contributed by atoms with Gasteiger partial charge in [0.2, 0.25) is 0 Å². The van der Waals surface area contributed by atoms with Crippen molar-refractivity contribution in [1.29, 1.82) is 0 Å². The Balaban J connectivity index is 2.27. The molecule has 5 nitrogen and oxygen atoms in total. The summed E-state index contributed by atoms with van der Waals surface area (Å²) in [5.41, 5.74) is -0.382. The summed E-state index contributed by atoms with van der Waals surface area (Å²) in [5, 5.41) is 2.49. The van der Waals surface area contributed by atoms with Crippen LogP contribution in [0.1, 0.15) is 23.3 Å². The largest absolute Gasteiger partial charge is 0.406 e. The molecular weight excluding hydrogens is 333 g/mol. The predicted molar refractivity (Wildman–Crippen MR) is 68.6 cm³/mol. The molecular formula is C11H12ClF3N2O3S. The maximum Gasteiger partial charge on any atom is 0.406 e. The number of alkyl halides is 3. The van der Waals surface area contributed by atoms with Gasteiger partial charge in [-0.25, -0.2) is 8.42 Å². The van der Waals surface area contributed by atoms with Crippen molar-refractivity contribution in [2.75, 3.05) is 6.54 Å². The molecule has 1 aliphatic carbocycles. The smallest absolute Gasteiger partial charge is 0.350 e. The number of nitrogens with one attached hydrogen (secondary N) is 1. The molecule has 1 heterocycles. The van der Waals surface area contributed by atoms with Crippen LogP contribution in [0.3, 0.4) is 0 Å². The van der Waals surface area contributed by atoms with E-state index < -0.39 is 32.6 Å². The molecule has 2 rings (SSSR count). The fourth-order valence-corrected chi connectivity index (χ4v) is 2.54. The highest BCUT2D eigenvalue weighted by molar-refractivity contribution is 8.13. The van der Waals surface area contributed by atoms with Crippen LogP contribution < -0.4 is 5.32 Å². The minimum atomic E-state index is -4.59. The Hall–Kier alpha value is -1.22. The number of rotatable bonds is 5. The van der Waals surface area contributed by atoms with Gasteiger partial charge in [0.15, 0.2) is 0 Å². The molecule has 21 heavy (non-hydrogen) atoms. The second kappa shape index (κ2) is 5.53. The van der Waals surface area contributed by atoms with E-state index in [0.717, 1.165) is 18.9 Å². The van der Waals surface area contributed by atoms with Gasteiger partial charge in [0.1, 0.15) is 17.1 Å². The molecule has 0 radical (unpaired) electrons. The van der Waals surface area contributed by atoms with Gasteiger partial charge < -0.3 is 9.88 Å². The van der Waals surface area contributed by atoms with E-state index >= 15 is 0 Å². The number of hydrogen-bond donors (Lipinski definition) is 1. The minimum absolute atomic E-state index is 0.344. The molecule has 118 valence electrons. The highest BCUT2D eigenvalue weighted by Gasteiger charge is 2.31. The Bertz CT molecular complexity index is 650. The lowest BCUT2D eigenvalue weighted by Gasteiger charge is -2.11.